The highest BCUT2D eigenvalue weighted by Gasteiger charge is 2.29. The van der Waals surface area contributed by atoms with E-state index >= 15 is 0 Å². The van der Waals surface area contributed by atoms with Crippen molar-refractivity contribution in [1.82, 2.24) is 15.0 Å². The third-order valence-corrected chi connectivity index (χ3v) is 4.85. The average Bonchev–Trinajstić information content (AvgIpc) is 2.71. The molecule has 7 nitrogen and oxygen atoms in total. The number of nitrogens with zero attached hydrogens (tertiary/aromatic N) is 3. The van der Waals surface area contributed by atoms with Crippen molar-refractivity contribution in [3.63, 3.8) is 0 Å². The standard InChI is InChI=1S/C13H21N3O4S/c1-9-4-10(2)6-16(5-9)13(17)8-21(18,19)7-12-14-11(3)15-20-12/h9-10H,4-8H2,1-3H3/t9-,10-/m0/s1. The predicted octanol–water partition coefficient (Wildman–Crippen LogP) is 0.797. The number of likely N-dealkylation sites (tertiary alicyclic amines) is 1. The Morgan fingerprint density at radius 1 is 1.33 bits per heavy atom. The van der Waals surface area contributed by atoms with Crippen LogP contribution in [0.3, 0.4) is 0 Å². The molecule has 0 aromatic carbocycles. The van der Waals surface area contributed by atoms with E-state index in [9.17, 15) is 13.2 Å². The first-order chi connectivity index (χ1) is 9.75. The van der Waals surface area contributed by atoms with Gasteiger partial charge in [-0.2, -0.15) is 4.98 Å². The van der Waals surface area contributed by atoms with E-state index in [0.717, 1.165) is 6.42 Å². The highest BCUT2D eigenvalue weighted by molar-refractivity contribution is 7.91. The molecule has 0 spiro atoms. The summed E-state index contributed by atoms with van der Waals surface area (Å²) in [6.07, 6.45) is 1.07. The third kappa shape index (κ3) is 4.52. The normalized spacial score (nSPS) is 23.3. The van der Waals surface area contributed by atoms with Crippen LogP contribution in [0.1, 0.15) is 32.0 Å². The van der Waals surface area contributed by atoms with E-state index in [1.54, 1.807) is 11.8 Å². The second-order valence-corrected chi connectivity index (χ2v) is 8.08. The number of rotatable bonds is 4. The molecule has 1 saturated heterocycles. The van der Waals surface area contributed by atoms with Gasteiger partial charge in [-0.05, 0) is 25.2 Å². The largest absolute Gasteiger partial charge is 0.341 e. The molecule has 2 heterocycles. The van der Waals surface area contributed by atoms with Crippen LogP contribution < -0.4 is 0 Å². The van der Waals surface area contributed by atoms with E-state index in [1.807, 2.05) is 0 Å². The Labute approximate surface area is 124 Å². The number of carbonyl (C=O) groups is 1. The van der Waals surface area contributed by atoms with Crippen LogP contribution in [0.4, 0.5) is 0 Å². The first-order valence-corrected chi connectivity index (χ1v) is 8.84. The number of sulfone groups is 1. The molecule has 2 rings (SSSR count). The minimum Gasteiger partial charge on any atom is -0.341 e. The van der Waals surface area contributed by atoms with Gasteiger partial charge in [0.15, 0.2) is 15.7 Å². The Kier molecular flexibility index (Phi) is 4.65. The lowest BCUT2D eigenvalue weighted by molar-refractivity contribution is -0.131. The second kappa shape index (κ2) is 6.13. The summed E-state index contributed by atoms with van der Waals surface area (Å²) in [7, 11) is -3.59. The van der Waals surface area contributed by atoms with Crippen LogP contribution in [-0.4, -0.2) is 48.2 Å². The number of aromatic nitrogens is 2. The van der Waals surface area contributed by atoms with Crippen LogP contribution in [-0.2, 0) is 20.4 Å². The van der Waals surface area contributed by atoms with Crippen molar-refractivity contribution in [2.45, 2.75) is 32.9 Å². The van der Waals surface area contributed by atoms with Crippen LogP contribution >= 0.6 is 0 Å². The fourth-order valence-electron chi connectivity index (χ4n) is 2.78. The average molecular weight is 315 g/mol. The van der Waals surface area contributed by atoms with E-state index < -0.39 is 21.3 Å². The van der Waals surface area contributed by atoms with Crippen molar-refractivity contribution in [3.8, 4) is 0 Å². The highest BCUT2D eigenvalue weighted by atomic mass is 32.2. The van der Waals surface area contributed by atoms with E-state index in [1.165, 1.54) is 0 Å². The molecule has 118 valence electrons. The SMILES string of the molecule is Cc1noc(CS(=O)(=O)CC(=O)N2C[C@@H](C)C[C@H](C)C2)n1. The number of piperidine rings is 1. The van der Waals surface area contributed by atoms with Crippen LogP contribution in [0.2, 0.25) is 0 Å². The number of hydrogen-bond acceptors (Lipinski definition) is 6. The number of aryl methyl sites for hydroxylation is 1. The zero-order valence-corrected chi connectivity index (χ0v) is 13.4. The van der Waals surface area contributed by atoms with Crippen molar-refractivity contribution < 1.29 is 17.7 Å². The molecule has 0 unspecified atom stereocenters. The maximum atomic E-state index is 12.2. The van der Waals surface area contributed by atoms with Gasteiger partial charge < -0.3 is 9.42 Å². The summed E-state index contributed by atoms with van der Waals surface area (Å²) < 4.78 is 28.9. The molecule has 0 radical (unpaired) electrons. The minimum atomic E-state index is -3.59. The van der Waals surface area contributed by atoms with Gasteiger partial charge in [-0.3, -0.25) is 4.79 Å². The molecule has 0 aliphatic carbocycles. The van der Waals surface area contributed by atoms with Gasteiger partial charge in [0.05, 0.1) is 0 Å². The van der Waals surface area contributed by atoms with Crippen molar-refractivity contribution in [2.75, 3.05) is 18.8 Å². The lowest BCUT2D eigenvalue weighted by atomic mass is 9.92. The minimum absolute atomic E-state index is 0.0284. The van der Waals surface area contributed by atoms with Crippen LogP contribution in [0.15, 0.2) is 4.52 Å². The Morgan fingerprint density at radius 3 is 2.48 bits per heavy atom. The van der Waals surface area contributed by atoms with Crippen molar-refractivity contribution >= 4 is 15.7 Å². The van der Waals surface area contributed by atoms with Gasteiger partial charge in [-0.25, -0.2) is 8.42 Å². The number of amides is 1. The lowest BCUT2D eigenvalue weighted by Crippen LogP contribution is -2.45. The van der Waals surface area contributed by atoms with Gasteiger partial charge in [0, 0.05) is 13.1 Å². The molecule has 21 heavy (non-hydrogen) atoms. The molecule has 0 saturated carbocycles. The molecule has 0 N–H and O–H groups in total. The second-order valence-electron chi connectivity index (χ2n) is 6.01. The number of hydrogen-bond donors (Lipinski definition) is 0. The Bertz CT molecular complexity index is 601. The monoisotopic (exact) mass is 315 g/mol. The Hall–Kier alpha value is -1.44. The molecule has 1 aromatic heterocycles. The van der Waals surface area contributed by atoms with Gasteiger partial charge in [-0.15, -0.1) is 0 Å². The van der Waals surface area contributed by atoms with E-state index in [0.29, 0.717) is 30.7 Å². The molecule has 2 atom stereocenters. The zero-order valence-electron chi connectivity index (χ0n) is 12.6. The molecule has 0 bridgehead atoms. The summed E-state index contributed by atoms with van der Waals surface area (Å²) in [6.45, 7) is 7.01. The zero-order chi connectivity index (χ0) is 15.6. The summed E-state index contributed by atoms with van der Waals surface area (Å²) in [5, 5.41) is 3.54. The van der Waals surface area contributed by atoms with Crippen LogP contribution in [0.25, 0.3) is 0 Å². The summed E-state index contributed by atoms with van der Waals surface area (Å²) in [4.78, 5) is 17.7. The van der Waals surface area contributed by atoms with E-state index in [-0.39, 0.29) is 11.8 Å². The van der Waals surface area contributed by atoms with Crippen molar-refractivity contribution in [3.05, 3.63) is 11.7 Å². The van der Waals surface area contributed by atoms with Crippen LogP contribution in [0.5, 0.6) is 0 Å². The molecule has 1 aliphatic heterocycles. The van der Waals surface area contributed by atoms with Crippen molar-refractivity contribution in [2.24, 2.45) is 11.8 Å². The summed E-state index contributed by atoms with van der Waals surface area (Å²) in [5.41, 5.74) is 0. The van der Waals surface area contributed by atoms with Gasteiger partial charge >= 0.3 is 0 Å². The summed E-state index contributed by atoms with van der Waals surface area (Å²) in [5.74, 6) is -0.0274. The number of carbonyl (C=O) groups excluding carboxylic acids is 1. The third-order valence-electron chi connectivity index (χ3n) is 3.48. The van der Waals surface area contributed by atoms with Crippen molar-refractivity contribution in [1.29, 1.82) is 0 Å². The molecule has 8 heteroatoms. The van der Waals surface area contributed by atoms with Gasteiger partial charge in [-0.1, -0.05) is 19.0 Å². The van der Waals surface area contributed by atoms with Crippen LogP contribution in [0, 0.1) is 18.8 Å². The first-order valence-electron chi connectivity index (χ1n) is 7.02. The van der Waals surface area contributed by atoms with Gasteiger partial charge in [0.1, 0.15) is 11.5 Å². The highest BCUT2D eigenvalue weighted by Crippen LogP contribution is 2.21. The summed E-state index contributed by atoms with van der Waals surface area (Å²) >= 11 is 0. The van der Waals surface area contributed by atoms with Gasteiger partial charge in [0.2, 0.25) is 11.8 Å². The molecular formula is C13H21N3O4S. The molecule has 1 aromatic rings. The lowest BCUT2D eigenvalue weighted by Gasteiger charge is -2.34. The van der Waals surface area contributed by atoms with E-state index in [4.69, 9.17) is 4.52 Å². The molecule has 1 fully saturated rings. The van der Waals surface area contributed by atoms with E-state index in [2.05, 4.69) is 24.0 Å². The molecule has 1 aliphatic rings. The van der Waals surface area contributed by atoms with Gasteiger partial charge in [0.25, 0.3) is 0 Å². The quantitative estimate of drug-likeness (QED) is 0.816. The molecular weight excluding hydrogens is 294 g/mol. The molecule has 1 amide bonds. The smallest absolute Gasteiger partial charge is 0.241 e. The maximum absolute atomic E-state index is 12.2. The first kappa shape index (κ1) is 15.9. The Balaban J connectivity index is 1.97. The fourth-order valence-corrected chi connectivity index (χ4v) is 3.94. The fraction of sp³-hybridized carbons (Fsp3) is 0.769. The predicted molar refractivity (Wildman–Crippen MR) is 76.1 cm³/mol. The Morgan fingerprint density at radius 2 is 1.95 bits per heavy atom. The topological polar surface area (TPSA) is 93.4 Å². The summed E-state index contributed by atoms with van der Waals surface area (Å²) in [6, 6.07) is 0. The maximum Gasteiger partial charge on any atom is 0.241 e.